The number of benzene rings is 2. The first-order valence-corrected chi connectivity index (χ1v) is 6.60. The Balaban J connectivity index is 1.77. The molecule has 3 rings (SSSR count). The highest BCUT2D eigenvalue weighted by Gasteiger charge is 2.35. The Morgan fingerprint density at radius 3 is 2.33 bits per heavy atom. The van der Waals surface area contributed by atoms with Gasteiger partial charge in [0.1, 0.15) is 5.75 Å². The summed E-state index contributed by atoms with van der Waals surface area (Å²) in [4.78, 5) is 25.7. The van der Waals surface area contributed by atoms with Gasteiger partial charge < -0.3 is 10.8 Å². The zero-order chi connectivity index (χ0) is 15.0. The summed E-state index contributed by atoms with van der Waals surface area (Å²) >= 11 is 0. The lowest BCUT2D eigenvalue weighted by Crippen LogP contribution is -2.31. The molecule has 0 atom stereocenters. The minimum atomic E-state index is -0.305. The van der Waals surface area contributed by atoms with E-state index in [0.717, 1.165) is 5.56 Å². The van der Waals surface area contributed by atoms with Gasteiger partial charge in [-0.25, -0.2) is 0 Å². The molecule has 5 nitrogen and oxygen atoms in total. The smallest absolute Gasteiger partial charge is 0.261 e. The Morgan fingerprint density at radius 1 is 0.952 bits per heavy atom. The van der Waals surface area contributed by atoms with E-state index < -0.39 is 0 Å². The number of rotatable bonds is 3. The van der Waals surface area contributed by atoms with Gasteiger partial charge in [0, 0.05) is 12.2 Å². The van der Waals surface area contributed by atoms with Crippen LogP contribution in [-0.2, 0) is 6.42 Å². The number of carbonyl (C=O) groups excluding carboxylic acids is 2. The third kappa shape index (κ3) is 2.33. The Morgan fingerprint density at radius 2 is 1.62 bits per heavy atom. The number of phenols is 1. The molecule has 2 aromatic carbocycles. The molecule has 1 aliphatic heterocycles. The number of nitrogens with zero attached hydrogens (tertiary/aromatic N) is 1. The quantitative estimate of drug-likeness (QED) is 0.664. The van der Waals surface area contributed by atoms with Gasteiger partial charge in [-0.3, -0.25) is 14.5 Å². The molecule has 0 bridgehead atoms. The van der Waals surface area contributed by atoms with Crippen LogP contribution in [-0.4, -0.2) is 28.4 Å². The molecule has 21 heavy (non-hydrogen) atoms. The van der Waals surface area contributed by atoms with Gasteiger partial charge in [-0.1, -0.05) is 12.1 Å². The van der Waals surface area contributed by atoms with Crippen molar-refractivity contribution in [2.45, 2.75) is 6.42 Å². The Kier molecular flexibility index (Phi) is 3.10. The van der Waals surface area contributed by atoms with Gasteiger partial charge in [0.05, 0.1) is 11.1 Å². The van der Waals surface area contributed by atoms with Crippen LogP contribution < -0.4 is 5.73 Å². The molecular formula is C16H14N2O3. The van der Waals surface area contributed by atoms with Gasteiger partial charge >= 0.3 is 0 Å². The third-order valence-corrected chi connectivity index (χ3v) is 3.56. The number of carbonyl (C=O) groups is 2. The fourth-order valence-electron chi connectivity index (χ4n) is 2.41. The molecule has 2 aromatic rings. The largest absolute Gasteiger partial charge is 0.508 e. The van der Waals surface area contributed by atoms with Crippen molar-refractivity contribution in [2.24, 2.45) is 0 Å². The summed E-state index contributed by atoms with van der Waals surface area (Å²) in [5.74, 6) is -0.398. The first-order valence-electron chi connectivity index (χ1n) is 6.60. The highest BCUT2D eigenvalue weighted by Crippen LogP contribution is 2.25. The summed E-state index contributed by atoms with van der Waals surface area (Å²) in [6, 6.07) is 11.4. The topological polar surface area (TPSA) is 83.6 Å². The van der Waals surface area contributed by atoms with Crippen LogP contribution in [0.2, 0.25) is 0 Å². The first kappa shape index (κ1) is 13.2. The van der Waals surface area contributed by atoms with Gasteiger partial charge in [-0.05, 0) is 42.3 Å². The van der Waals surface area contributed by atoms with E-state index in [4.69, 9.17) is 5.73 Å². The average molecular weight is 282 g/mol. The van der Waals surface area contributed by atoms with E-state index >= 15 is 0 Å². The average Bonchev–Trinajstić information content (AvgIpc) is 2.70. The molecule has 0 aliphatic carbocycles. The Labute approximate surface area is 121 Å². The molecule has 106 valence electrons. The number of nitrogen functional groups attached to an aromatic ring is 1. The third-order valence-electron chi connectivity index (χ3n) is 3.56. The standard InChI is InChI=1S/C16H14N2O3/c17-11-3-6-13-14(9-11)16(21)18(15(13)20)8-7-10-1-4-12(19)5-2-10/h1-6,9,19H,7-8,17H2. The van der Waals surface area contributed by atoms with Crippen LogP contribution in [0.15, 0.2) is 42.5 Å². The molecule has 1 aliphatic rings. The second kappa shape index (κ2) is 4.94. The van der Waals surface area contributed by atoms with Gasteiger partial charge in [-0.2, -0.15) is 0 Å². The van der Waals surface area contributed by atoms with Gasteiger partial charge in [0.2, 0.25) is 0 Å². The molecular weight excluding hydrogens is 268 g/mol. The molecule has 1 heterocycles. The molecule has 0 saturated carbocycles. The van der Waals surface area contributed by atoms with E-state index in [9.17, 15) is 14.7 Å². The van der Waals surface area contributed by atoms with Crippen molar-refractivity contribution in [1.82, 2.24) is 4.90 Å². The van der Waals surface area contributed by atoms with Crippen LogP contribution in [0.1, 0.15) is 26.3 Å². The van der Waals surface area contributed by atoms with E-state index in [1.165, 1.54) is 11.0 Å². The van der Waals surface area contributed by atoms with Crippen molar-refractivity contribution in [3.63, 3.8) is 0 Å². The molecule has 0 radical (unpaired) electrons. The van der Waals surface area contributed by atoms with Crippen molar-refractivity contribution in [2.75, 3.05) is 12.3 Å². The maximum absolute atomic E-state index is 12.2. The van der Waals surface area contributed by atoms with E-state index in [2.05, 4.69) is 0 Å². The van der Waals surface area contributed by atoms with E-state index in [-0.39, 0.29) is 17.6 Å². The minimum absolute atomic E-state index is 0.190. The van der Waals surface area contributed by atoms with Crippen molar-refractivity contribution in [3.05, 3.63) is 59.2 Å². The summed E-state index contributed by atoms with van der Waals surface area (Å²) in [5, 5.41) is 9.23. The zero-order valence-electron chi connectivity index (χ0n) is 11.2. The number of aromatic hydroxyl groups is 1. The van der Waals surface area contributed by atoms with Crippen LogP contribution in [0.3, 0.4) is 0 Å². The molecule has 2 amide bonds. The SMILES string of the molecule is Nc1ccc2c(c1)C(=O)N(CCc1ccc(O)cc1)C2=O. The van der Waals surface area contributed by atoms with Crippen LogP contribution >= 0.6 is 0 Å². The van der Waals surface area contributed by atoms with Crippen molar-refractivity contribution in [1.29, 1.82) is 0 Å². The summed E-state index contributed by atoms with van der Waals surface area (Å²) in [6.45, 7) is 0.303. The molecule has 0 unspecified atom stereocenters. The lowest BCUT2D eigenvalue weighted by Gasteiger charge is -2.13. The number of phenolic OH excluding ortho intramolecular Hbond substituents is 1. The Hall–Kier alpha value is -2.82. The van der Waals surface area contributed by atoms with E-state index in [1.54, 1.807) is 36.4 Å². The summed E-state index contributed by atoms with van der Waals surface area (Å²) in [7, 11) is 0. The maximum atomic E-state index is 12.2. The van der Waals surface area contributed by atoms with Crippen molar-refractivity contribution < 1.29 is 14.7 Å². The zero-order valence-corrected chi connectivity index (χ0v) is 11.2. The fourth-order valence-corrected chi connectivity index (χ4v) is 2.41. The molecule has 3 N–H and O–H groups in total. The molecule has 0 saturated heterocycles. The van der Waals surface area contributed by atoms with Gasteiger partial charge in [0.15, 0.2) is 0 Å². The molecule has 0 fully saturated rings. The van der Waals surface area contributed by atoms with Crippen molar-refractivity contribution >= 4 is 17.5 Å². The van der Waals surface area contributed by atoms with E-state index in [0.29, 0.717) is 29.8 Å². The number of nitrogens with two attached hydrogens (primary N) is 1. The van der Waals surface area contributed by atoms with E-state index in [1.807, 2.05) is 0 Å². The fraction of sp³-hybridized carbons (Fsp3) is 0.125. The number of imide groups is 1. The van der Waals surface area contributed by atoms with Gasteiger partial charge in [0.25, 0.3) is 11.8 Å². The lowest BCUT2D eigenvalue weighted by atomic mass is 10.1. The predicted octanol–water partition coefficient (Wildman–Crippen LogP) is 1.81. The maximum Gasteiger partial charge on any atom is 0.261 e. The highest BCUT2D eigenvalue weighted by molar-refractivity contribution is 6.21. The van der Waals surface area contributed by atoms with Crippen LogP contribution in [0, 0.1) is 0 Å². The molecule has 0 spiro atoms. The number of anilines is 1. The number of fused-ring (bicyclic) bond motifs is 1. The summed E-state index contributed by atoms with van der Waals surface area (Å²) in [5.41, 5.74) is 7.84. The number of hydrogen-bond acceptors (Lipinski definition) is 4. The summed E-state index contributed by atoms with van der Waals surface area (Å²) < 4.78 is 0. The predicted molar refractivity (Wildman–Crippen MR) is 78.0 cm³/mol. The molecule has 5 heteroatoms. The second-order valence-electron chi connectivity index (χ2n) is 4.98. The highest BCUT2D eigenvalue weighted by atomic mass is 16.3. The van der Waals surface area contributed by atoms with Crippen LogP contribution in [0.4, 0.5) is 5.69 Å². The normalized spacial score (nSPS) is 13.6. The second-order valence-corrected chi connectivity index (χ2v) is 4.98. The monoisotopic (exact) mass is 282 g/mol. The van der Waals surface area contributed by atoms with Crippen molar-refractivity contribution in [3.8, 4) is 5.75 Å². The summed E-state index contributed by atoms with van der Waals surface area (Å²) in [6.07, 6.45) is 0.543. The first-order chi connectivity index (χ1) is 10.1. The Bertz CT molecular complexity index is 723. The lowest BCUT2D eigenvalue weighted by molar-refractivity contribution is 0.0656. The minimum Gasteiger partial charge on any atom is -0.508 e. The number of hydrogen-bond donors (Lipinski definition) is 2. The van der Waals surface area contributed by atoms with Gasteiger partial charge in [-0.15, -0.1) is 0 Å². The van der Waals surface area contributed by atoms with Crippen LogP contribution in [0.5, 0.6) is 5.75 Å². The number of amides is 2. The molecule has 0 aromatic heterocycles. The van der Waals surface area contributed by atoms with Crippen LogP contribution in [0.25, 0.3) is 0 Å².